The number of hydrazine groups is 1. The highest BCUT2D eigenvalue weighted by Crippen LogP contribution is 2.09. The fourth-order valence-corrected chi connectivity index (χ4v) is 1.53. The first-order valence-corrected chi connectivity index (χ1v) is 5.20. The van der Waals surface area contributed by atoms with Crippen LogP contribution in [0.1, 0.15) is 19.8 Å². The van der Waals surface area contributed by atoms with E-state index in [1.807, 2.05) is 12.3 Å². The third kappa shape index (κ3) is 5.34. The summed E-state index contributed by atoms with van der Waals surface area (Å²) in [5, 5.41) is 8.77. The third-order valence-corrected chi connectivity index (χ3v) is 2.21. The smallest absolute Gasteiger partial charge is 0.251 e. The highest BCUT2D eigenvalue weighted by Gasteiger charge is 2.26. The van der Waals surface area contributed by atoms with E-state index in [0.29, 0.717) is 12.8 Å². The second-order valence-corrected chi connectivity index (χ2v) is 3.42. The molecule has 0 aliphatic heterocycles. The number of halogens is 2. The predicted octanol–water partition coefficient (Wildman–Crippen LogP) is -0.296. The Morgan fingerprint density at radius 1 is 1.56 bits per heavy atom. The average Bonchev–Trinajstić information content (AvgIpc) is 2.23. The highest BCUT2D eigenvalue weighted by atomic mass is 19.3. The Hall–Kier alpha value is -0.790. The molecule has 16 heavy (non-hydrogen) atoms. The van der Waals surface area contributed by atoms with Gasteiger partial charge in [0.15, 0.2) is 0 Å². The molecule has 0 saturated carbocycles. The molecule has 0 bridgehead atoms. The summed E-state index contributed by atoms with van der Waals surface area (Å²) in [6, 6.07) is -0.712. The second kappa shape index (κ2) is 8.37. The van der Waals surface area contributed by atoms with Crippen LogP contribution in [0.2, 0.25) is 0 Å². The van der Waals surface area contributed by atoms with Gasteiger partial charge in [0.25, 0.3) is 12.3 Å². The number of amides is 1. The van der Waals surface area contributed by atoms with Crippen LogP contribution in [0.15, 0.2) is 0 Å². The fourth-order valence-electron chi connectivity index (χ4n) is 1.53. The van der Waals surface area contributed by atoms with Crippen LogP contribution in [0, 0.1) is 0 Å². The molecular formula is C9H19F2N3O2. The van der Waals surface area contributed by atoms with Gasteiger partial charge in [0.05, 0.1) is 19.2 Å². The first-order valence-electron chi connectivity index (χ1n) is 5.20. The molecule has 1 atom stereocenters. The maximum Gasteiger partial charge on any atom is 0.251 e. The third-order valence-electron chi connectivity index (χ3n) is 2.21. The zero-order valence-corrected chi connectivity index (χ0v) is 9.33. The molecule has 0 saturated heterocycles. The zero-order valence-electron chi connectivity index (χ0n) is 9.33. The van der Waals surface area contributed by atoms with Crippen molar-refractivity contribution in [3.05, 3.63) is 0 Å². The lowest BCUT2D eigenvalue weighted by atomic mass is 10.1. The van der Waals surface area contributed by atoms with Gasteiger partial charge in [-0.2, -0.15) is 0 Å². The Morgan fingerprint density at radius 3 is 2.56 bits per heavy atom. The summed E-state index contributed by atoms with van der Waals surface area (Å²) in [7, 11) is 0. The van der Waals surface area contributed by atoms with E-state index < -0.39 is 24.9 Å². The minimum Gasteiger partial charge on any atom is -0.395 e. The van der Waals surface area contributed by atoms with Crippen molar-refractivity contribution in [2.24, 2.45) is 5.84 Å². The van der Waals surface area contributed by atoms with E-state index in [4.69, 9.17) is 10.9 Å². The molecule has 1 unspecified atom stereocenters. The Balaban J connectivity index is 4.57. The number of carbonyl (C=O) groups excluding carboxylic acids is 1. The Kier molecular flexibility index (Phi) is 7.96. The summed E-state index contributed by atoms with van der Waals surface area (Å²) in [5.74, 6) is 4.49. The molecule has 0 heterocycles. The van der Waals surface area contributed by atoms with Gasteiger partial charge in [0.1, 0.15) is 0 Å². The normalized spacial score (nSPS) is 13.2. The summed E-state index contributed by atoms with van der Waals surface area (Å²) in [6.45, 7) is 1.06. The quantitative estimate of drug-likeness (QED) is 0.309. The summed E-state index contributed by atoms with van der Waals surface area (Å²) in [4.78, 5) is 12.6. The van der Waals surface area contributed by atoms with Crippen LogP contribution in [0.3, 0.4) is 0 Å². The lowest BCUT2D eigenvalue weighted by Crippen LogP contribution is -2.51. The van der Waals surface area contributed by atoms with Crippen LogP contribution >= 0.6 is 0 Å². The van der Waals surface area contributed by atoms with Crippen LogP contribution in [0.5, 0.6) is 0 Å². The number of alkyl halides is 2. The molecule has 0 radical (unpaired) electrons. The summed E-state index contributed by atoms with van der Waals surface area (Å²) in [6.07, 6.45) is -1.45. The first-order chi connectivity index (χ1) is 7.56. The number of hydrogen-bond donors (Lipinski definition) is 3. The number of hydrogen-bond acceptors (Lipinski definition) is 4. The van der Waals surface area contributed by atoms with Gasteiger partial charge in [0.2, 0.25) is 0 Å². The molecule has 0 fully saturated rings. The topological polar surface area (TPSA) is 78.6 Å². The first kappa shape index (κ1) is 15.2. The molecule has 96 valence electrons. The monoisotopic (exact) mass is 239 g/mol. The number of nitrogens with two attached hydrogens (primary N) is 1. The van der Waals surface area contributed by atoms with Gasteiger partial charge in [0, 0.05) is 6.54 Å². The van der Waals surface area contributed by atoms with Crippen LogP contribution < -0.4 is 11.3 Å². The zero-order chi connectivity index (χ0) is 12.6. The minimum absolute atomic E-state index is 0.0302. The molecule has 4 N–H and O–H groups in total. The molecule has 0 spiro atoms. The van der Waals surface area contributed by atoms with E-state index in [1.165, 1.54) is 4.90 Å². The molecule has 5 nitrogen and oxygen atoms in total. The van der Waals surface area contributed by atoms with Gasteiger partial charge >= 0.3 is 0 Å². The van der Waals surface area contributed by atoms with Crippen molar-refractivity contribution in [3.8, 4) is 0 Å². The Morgan fingerprint density at radius 2 is 2.19 bits per heavy atom. The van der Waals surface area contributed by atoms with E-state index in [-0.39, 0.29) is 13.2 Å². The summed E-state index contributed by atoms with van der Waals surface area (Å²) >= 11 is 0. The number of nitrogens with one attached hydrogen (secondary N) is 1. The van der Waals surface area contributed by atoms with E-state index in [2.05, 4.69) is 0 Å². The molecule has 0 aliphatic rings. The Labute approximate surface area is 93.6 Å². The number of rotatable bonds is 8. The van der Waals surface area contributed by atoms with E-state index in [1.54, 1.807) is 0 Å². The van der Waals surface area contributed by atoms with Gasteiger partial charge in [-0.15, -0.1) is 0 Å². The number of aliphatic hydroxyl groups is 1. The van der Waals surface area contributed by atoms with Crippen LogP contribution in [-0.2, 0) is 4.79 Å². The number of aliphatic hydroxyl groups excluding tert-OH is 1. The van der Waals surface area contributed by atoms with E-state index in [0.717, 1.165) is 0 Å². The van der Waals surface area contributed by atoms with Crippen molar-refractivity contribution in [1.82, 2.24) is 10.3 Å². The summed E-state index contributed by atoms with van der Waals surface area (Å²) < 4.78 is 24.6. The molecule has 0 aromatic carbocycles. The van der Waals surface area contributed by atoms with Crippen molar-refractivity contribution >= 4 is 5.91 Å². The van der Waals surface area contributed by atoms with Crippen molar-refractivity contribution in [3.63, 3.8) is 0 Å². The number of carbonyl (C=O) groups is 1. The van der Waals surface area contributed by atoms with Gasteiger partial charge < -0.3 is 5.11 Å². The van der Waals surface area contributed by atoms with Crippen LogP contribution in [-0.4, -0.2) is 48.1 Å². The van der Waals surface area contributed by atoms with Crippen molar-refractivity contribution in [2.75, 3.05) is 19.7 Å². The fraction of sp³-hybridized carbons (Fsp3) is 0.889. The summed E-state index contributed by atoms with van der Waals surface area (Å²) in [5.41, 5.74) is 1.95. The molecular weight excluding hydrogens is 220 g/mol. The Bertz CT molecular complexity index is 205. The highest BCUT2D eigenvalue weighted by molar-refractivity contribution is 5.81. The lowest BCUT2D eigenvalue weighted by Gasteiger charge is -2.29. The SMILES string of the molecule is CCCC(C(=O)NN)N(CCO)CC(F)F. The molecule has 0 aromatic heterocycles. The van der Waals surface area contributed by atoms with Crippen molar-refractivity contribution in [2.45, 2.75) is 32.2 Å². The van der Waals surface area contributed by atoms with Gasteiger partial charge in [-0.1, -0.05) is 13.3 Å². The molecule has 1 amide bonds. The lowest BCUT2D eigenvalue weighted by molar-refractivity contribution is -0.127. The molecule has 7 heteroatoms. The largest absolute Gasteiger partial charge is 0.395 e. The maximum atomic E-state index is 12.3. The minimum atomic E-state index is -2.54. The van der Waals surface area contributed by atoms with Gasteiger partial charge in [-0.3, -0.25) is 15.1 Å². The second-order valence-electron chi connectivity index (χ2n) is 3.42. The molecule has 0 rings (SSSR count). The van der Waals surface area contributed by atoms with Crippen molar-refractivity contribution < 1.29 is 18.7 Å². The van der Waals surface area contributed by atoms with E-state index >= 15 is 0 Å². The van der Waals surface area contributed by atoms with Crippen LogP contribution in [0.25, 0.3) is 0 Å². The standard InChI is InChI=1S/C9H19F2N3O2/c1-2-3-7(9(16)13-12)14(4-5-15)6-8(10)11/h7-8,15H,2-6,12H2,1H3,(H,13,16). The predicted molar refractivity (Wildman–Crippen MR) is 55.7 cm³/mol. The molecule has 0 aromatic rings. The average molecular weight is 239 g/mol. The molecule has 0 aliphatic carbocycles. The number of nitrogens with zero attached hydrogens (tertiary/aromatic N) is 1. The van der Waals surface area contributed by atoms with Gasteiger partial charge in [-0.25, -0.2) is 14.6 Å². The van der Waals surface area contributed by atoms with E-state index in [9.17, 15) is 13.6 Å². The van der Waals surface area contributed by atoms with Gasteiger partial charge in [-0.05, 0) is 6.42 Å². The van der Waals surface area contributed by atoms with Crippen LogP contribution in [0.4, 0.5) is 8.78 Å². The maximum absolute atomic E-state index is 12.3. The van der Waals surface area contributed by atoms with Crippen molar-refractivity contribution in [1.29, 1.82) is 0 Å².